The number of rotatable bonds is 2. The van der Waals surface area contributed by atoms with E-state index in [1.54, 1.807) is 0 Å². The molecule has 0 radical (unpaired) electrons. The van der Waals surface area contributed by atoms with Crippen LogP contribution in [0.25, 0.3) is 0 Å². The number of hydrogen-bond acceptors (Lipinski definition) is 4. The van der Waals surface area contributed by atoms with Crippen LogP contribution in [0.4, 0.5) is 5.69 Å². The zero-order chi connectivity index (χ0) is 11.5. The number of nitrogens with zero attached hydrogens (tertiary/aromatic N) is 2. The Kier molecular flexibility index (Phi) is 3.24. The monoisotopic (exact) mass is 209 g/mol. The Morgan fingerprint density at radius 2 is 1.87 bits per heavy atom. The number of carbonyl (C=O) groups is 1. The fraction of sp³-hybridized carbons (Fsp3) is 0.500. The summed E-state index contributed by atoms with van der Waals surface area (Å²) < 4.78 is 4.81. The van der Waals surface area contributed by atoms with E-state index < -0.39 is 5.41 Å². The maximum atomic E-state index is 11.6. The van der Waals surface area contributed by atoms with Crippen LogP contribution in [0.2, 0.25) is 0 Å². The molecule has 1 aromatic heterocycles. The second kappa shape index (κ2) is 4.25. The van der Waals surface area contributed by atoms with Crippen LogP contribution in [0.5, 0.6) is 6.01 Å². The van der Waals surface area contributed by atoms with Gasteiger partial charge in [0.1, 0.15) is 0 Å². The second-order valence-corrected chi connectivity index (χ2v) is 4.16. The number of amides is 1. The van der Waals surface area contributed by atoms with Crippen LogP contribution >= 0.6 is 0 Å². The average molecular weight is 209 g/mol. The summed E-state index contributed by atoms with van der Waals surface area (Å²) >= 11 is 0. The zero-order valence-corrected chi connectivity index (χ0v) is 9.37. The molecule has 5 heteroatoms. The molecule has 0 saturated heterocycles. The van der Waals surface area contributed by atoms with Gasteiger partial charge < -0.3 is 10.1 Å². The molecule has 1 rings (SSSR count). The van der Waals surface area contributed by atoms with Crippen LogP contribution in [0, 0.1) is 5.41 Å². The fourth-order valence-corrected chi connectivity index (χ4v) is 0.805. The normalized spacial score (nSPS) is 10.9. The van der Waals surface area contributed by atoms with Crippen LogP contribution in [-0.4, -0.2) is 23.0 Å². The Morgan fingerprint density at radius 3 is 2.27 bits per heavy atom. The van der Waals surface area contributed by atoms with Crippen molar-refractivity contribution in [1.82, 2.24) is 9.97 Å². The molecule has 0 fully saturated rings. The molecule has 0 spiro atoms. The predicted molar refractivity (Wildman–Crippen MR) is 56.7 cm³/mol. The third-order valence-electron chi connectivity index (χ3n) is 1.75. The number of ether oxygens (including phenoxy) is 1. The molecule has 0 unspecified atom stereocenters. The van der Waals surface area contributed by atoms with Gasteiger partial charge in [-0.05, 0) is 0 Å². The summed E-state index contributed by atoms with van der Waals surface area (Å²) in [6, 6.07) is 0.281. The Morgan fingerprint density at radius 1 is 1.33 bits per heavy atom. The Labute approximate surface area is 88.9 Å². The van der Waals surface area contributed by atoms with Gasteiger partial charge in [0.2, 0.25) is 5.91 Å². The molecule has 0 aliphatic rings. The van der Waals surface area contributed by atoms with E-state index in [0.29, 0.717) is 5.69 Å². The largest absolute Gasteiger partial charge is 0.467 e. The van der Waals surface area contributed by atoms with E-state index in [2.05, 4.69) is 15.3 Å². The van der Waals surface area contributed by atoms with Gasteiger partial charge in [-0.25, -0.2) is 9.97 Å². The van der Waals surface area contributed by atoms with Gasteiger partial charge in [0.05, 0.1) is 25.2 Å². The molecule has 15 heavy (non-hydrogen) atoms. The molecular weight excluding hydrogens is 194 g/mol. The lowest BCUT2D eigenvalue weighted by Crippen LogP contribution is -2.27. The van der Waals surface area contributed by atoms with Crippen molar-refractivity contribution < 1.29 is 9.53 Å². The Hall–Kier alpha value is -1.65. The first-order valence-electron chi connectivity index (χ1n) is 4.61. The summed E-state index contributed by atoms with van der Waals surface area (Å²) in [6.45, 7) is 5.52. The molecule has 1 heterocycles. The summed E-state index contributed by atoms with van der Waals surface area (Å²) in [6.07, 6.45) is 3.02. The maximum absolute atomic E-state index is 11.6. The van der Waals surface area contributed by atoms with Crippen molar-refractivity contribution in [1.29, 1.82) is 0 Å². The molecule has 5 nitrogen and oxygen atoms in total. The first-order chi connectivity index (χ1) is 6.93. The van der Waals surface area contributed by atoms with E-state index in [4.69, 9.17) is 4.74 Å². The highest BCUT2D eigenvalue weighted by Gasteiger charge is 2.21. The molecule has 0 bridgehead atoms. The van der Waals surface area contributed by atoms with Gasteiger partial charge in [-0.2, -0.15) is 0 Å². The number of hydrogen-bond donors (Lipinski definition) is 1. The summed E-state index contributed by atoms with van der Waals surface area (Å²) in [7, 11) is 1.49. The van der Waals surface area contributed by atoms with Crippen LogP contribution < -0.4 is 10.1 Å². The molecule has 82 valence electrons. The molecule has 0 saturated carbocycles. The first-order valence-corrected chi connectivity index (χ1v) is 4.61. The highest BCUT2D eigenvalue weighted by atomic mass is 16.5. The number of carbonyl (C=O) groups excluding carboxylic acids is 1. The molecule has 0 atom stereocenters. The van der Waals surface area contributed by atoms with Crippen molar-refractivity contribution in [2.24, 2.45) is 5.41 Å². The Bertz CT molecular complexity index is 341. The van der Waals surface area contributed by atoms with Crippen LogP contribution in [0.3, 0.4) is 0 Å². The topological polar surface area (TPSA) is 64.1 Å². The van der Waals surface area contributed by atoms with E-state index in [1.807, 2.05) is 20.8 Å². The minimum Gasteiger partial charge on any atom is -0.467 e. The van der Waals surface area contributed by atoms with Gasteiger partial charge in [-0.1, -0.05) is 20.8 Å². The van der Waals surface area contributed by atoms with Crippen LogP contribution in [0.15, 0.2) is 12.4 Å². The van der Waals surface area contributed by atoms with Crippen LogP contribution in [-0.2, 0) is 4.79 Å². The number of nitrogens with one attached hydrogen (secondary N) is 1. The lowest BCUT2D eigenvalue weighted by atomic mass is 9.96. The first kappa shape index (κ1) is 11.4. The Balaban J connectivity index is 2.70. The quantitative estimate of drug-likeness (QED) is 0.801. The van der Waals surface area contributed by atoms with Crippen molar-refractivity contribution in [3.05, 3.63) is 12.4 Å². The van der Waals surface area contributed by atoms with Gasteiger partial charge in [0, 0.05) is 5.41 Å². The van der Waals surface area contributed by atoms with Crippen LogP contribution in [0.1, 0.15) is 20.8 Å². The molecule has 0 aliphatic heterocycles. The summed E-state index contributed by atoms with van der Waals surface area (Å²) in [5, 5.41) is 2.71. The standard InChI is InChI=1S/C10H15N3O2/c1-10(2,3)8(14)13-7-5-11-9(15-4)12-6-7/h5-6H,1-4H3,(H,13,14). The maximum Gasteiger partial charge on any atom is 0.316 e. The number of aromatic nitrogens is 2. The number of anilines is 1. The molecule has 0 aromatic carbocycles. The SMILES string of the molecule is COc1ncc(NC(=O)C(C)(C)C)cn1. The van der Waals surface area contributed by atoms with Gasteiger partial charge in [0.15, 0.2) is 0 Å². The minimum atomic E-state index is -0.431. The predicted octanol–water partition coefficient (Wildman–Crippen LogP) is 1.47. The van der Waals surface area contributed by atoms with Crippen molar-refractivity contribution in [3.8, 4) is 6.01 Å². The van der Waals surface area contributed by atoms with Crippen molar-refractivity contribution in [2.75, 3.05) is 12.4 Å². The van der Waals surface area contributed by atoms with Gasteiger partial charge in [-0.3, -0.25) is 4.79 Å². The molecule has 0 aliphatic carbocycles. The van der Waals surface area contributed by atoms with E-state index in [9.17, 15) is 4.79 Å². The minimum absolute atomic E-state index is 0.0729. The van der Waals surface area contributed by atoms with Crippen molar-refractivity contribution in [2.45, 2.75) is 20.8 Å². The highest BCUT2D eigenvalue weighted by molar-refractivity contribution is 5.94. The van der Waals surface area contributed by atoms with E-state index >= 15 is 0 Å². The highest BCUT2D eigenvalue weighted by Crippen LogP contribution is 2.16. The molecule has 1 N–H and O–H groups in total. The summed E-state index contributed by atoms with van der Waals surface area (Å²) in [5.74, 6) is -0.0729. The lowest BCUT2D eigenvalue weighted by Gasteiger charge is -2.17. The molecule has 1 amide bonds. The lowest BCUT2D eigenvalue weighted by molar-refractivity contribution is -0.123. The number of methoxy groups -OCH3 is 1. The van der Waals surface area contributed by atoms with Gasteiger partial charge in [0.25, 0.3) is 0 Å². The van der Waals surface area contributed by atoms with Crippen molar-refractivity contribution >= 4 is 11.6 Å². The third kappa shape index (κ3) is 3.19. The van der Waals surface area contributed by atoms with E-state index in [-0.39, 0.29) is 11.9 Å². The van der Waals surface area contributed by atoms with E-state index in [1.165, 1.54) is 19.5 Å². The van der Waals surface area contributed by atoms with Gasteiger partial charge >= 0.3 is 6.01 Å². The average Bonchev–Trinajstić information content (AvgIpc) is 2.17. The van der Waals surface area contributed by atoms with Gasteiger partial charge in [-0.15, -0.1) is 0 Å². The summed E-state index contributed by atoms with van der Waals surface area (Å²) in [4.78, 5) is 19.4. The fourth-order valence-electron chi connectivity index (χ4n) is 0.805. The van der Waals surface area contributed by atoms with Crippen molar-refractivity contribution in [3.63, 3.8) is 0 Å². The second-order valence-electron chi connectivity index (χ2n) is 4.16. The summed E-state index contributed by atoms with van der Waals surface area (Å²) in [5.41, 5.74) is 0.135. The smallest absolute Gasteiger partial charge is 0.316 e. The molecular formula is C10H15N3O2. The van der Waals surface area contributed by atoms with E-state index in [0.717, 1.165) is 0 Å². The molecule has 1 aromatic rings. The zero-order valence-electron chi connectivity index (χ0n) is 9.37. The third-order valence-corrected chi connectivity index (χ3v) is 1.75.